The summed E-state index contributed by atoms with van der Waals surface area (Å²) in [4.78, 5) is 43.1. The van der Waals surface area contributed by atoms with E-state index in [1.807, 2.05) is 27.0 Å². The van der Waals surface area contributed by atoms with E-state index in [0.29, 0.717) is 41.2 Å². The number of anilines is 1. The average molecular weight is 582 g/mol. The fourth-order valence-corrected chi connectivity index (χ4v) is 4.68. The number of carbonyl (C=O) groups is 3. The second-order valence-corrected chi connectivity index (χ2v) is 12.2. The minimum absolute atomic E-state index is 0.346. The van der Waals surface area contributed by atoms with E-state index in [1.54, 1.807) is 93.1 Å². The predicted octanol–water partition coefficient (Wildman–Crippen LogP) is 6.02. The Morgan fingerprint density at radius 1 is 1.05 bits per heavy atom. The van der Waals surface area contributed by atoms with Crippen LogP contribution < -0.4 is 15.4 Å². The normalized spacial score (nSPS) is 12.9. The van der Waals surface area contributed by atoms with Gasteiger partial charge in [-0.05, 0) is 95.4 Å². The van der Waals surface area contributed by atoms with E-state index in [9.17, 15) is 14.4 Å². The van der Waals surface area contributed by atoms with Crippen molar-refractivity contribution in [2.24, 2.45) is 0 Å². The zero-order valence-corrected chi connectivity index (χ0v) is 26.2. The van der Waals surface area contributed by atoms with Crippen LogP contribution in [-0.2, 0) is 14.3 Å². The summed E-state index contributed by atoms with van der Waals surface area (Å²) < 4.78 is 10.7. The van der Waals surface area contributed by atoms with Crippen molar-refractivity contribution >= 4 is 35.4 Å². The quantitative estimate of drug-likeness (QED) is 0.298. The number of rotatable bonds is 12. The first-order chi connectivity index (χ1) is 19.3. The lowest BCUT2D eigenvalue weighted by Crippen LogP contribution is -2.59. The lowest BCUT2D eigenvalue weighted by atomic mass is 9.90. The maximum absolute atomic E-state index is 14.5. The van der Waals surface area contributed by atoms with Crippen molar-refractivity contribution in [3.63, 3.8) is 0 Å². The third kappa shape index (κ3) is 9.46. The summed E-state index contributed by atoms with van der Waals surface area (Å²) in [5.74, 6) is 3.08. The van der Waals surface area contributed by atoms with Crippen LogP contribution in [0.25, 0.3) is 0 Å². The van der Waals surface area contributed by atoms with Crippen LogP contribution >= 0.6 is 11.8 Å². The van der Waals surface area contributed by atoms with E-state index < -0.39 is 41.1 Å². The molecule has 2 rings (SSSR count). The Labute approximate surface area is 248 Å². The van der Waals surface area contributed by atoms with E-state index in [2.05, 4.69) is 16.6 Å². The Morgan fingerprint density at radius 3 is 2.22 bits per heavy atom. The maximum atomic E-state index is 14.5. The fraction of sp³-hybridized carbons (Fsp3) is 0.469. The van der Waals surface area contributed by atoms with Crippen LogP contribution in [0.3, 0.4) is 0 Å². The van der Waals surface area contributed by atoms with E-state index in [1.165, 1.54) is 0 Å². The summed E-state index contributed by atoms with van der Waals surface area (Å²) in [7, 11) is 1.56. The molecule has 3 amide bonds. The lowest BCUT2D eigenvalue weighted by molar-refractivity contribution is -0.147. The Kier molecular flexibility index (Phi) is 12.1. The average Bonchev–Trinajstić information content (AvgIpc) is 2.92. The third-order valence-corrected chi connectivity index (χ3v) is 7.27. The highest BCUT2D eigenvalue weighted by molar-refractivity contribution is 7.98. The van der Waals surface area contributed by atoms with Crippen LogP contribution in [0, 0.1) is 12.3 Å². The van der Waals surface area contributed by atoms with E-state index >= 15 is 0 Å². The van der Waals surface area contributed by atoms with Gasteiger partial charge in [-0.1, -0.05) is 31.0 Å². The molecule has 2 aromatic carbocycles. The second kappa shape index (κ2) is 14.8. The molecule has 2 unspecified atom stereocenters. The topological polar surface area (TPSA) is 97.0 Å². The van der Waals surface area contributed by atoms with Crippen molar-refractivity contribution in [1.82, 2.24) is 10.2 Å². The molecule has 2 N–H and O–H groups in total. The summed E-state index contributed by atoms with van der Waals surface area (Å²) in [5, 5.41) is 5.72. The van der Waals surface area contributed by atoms with Gasteiger partial charge >= 0.3 is 6.09 Å². The van der Waals surface area contributed by atoms with Crippen LogP contribution in [0.15, 0.2) is 48.5 Å². The molecule has 0 fully saturated rings. The van der Waals surface area contributed by atoms with Crippen molar-refractivity contribution in [2.45, 2.75) is 77.6 Å². The molecule has 0 aliphatic rings. The summed E-state index contributed by atoms with van der Waals surface area (Å²) >= 11 is 1.56. The van der Waals surface area contributed by atoms with Gasteiger partial charge in [-0.15, -0.1) is 6.42 Å². The zero-order valence-electron chi connectivity index (χ0n) is 25.4. The van der Waals surface area contributed by atoms with Gasteiger partial charge in [0.05, 0.1) is 7.11 Å². The van der Waals surface area contributed by atoms with E-state index in [4.69, 9.17) is 15.9 Å². The largest absolute Gasteiger partial charge is 0.497 e. The van der Waals surface area contributed by atoms with Gasteiger partial charge in [-0.3, -0.25) is 9.59 Å². The molecule has 0 spiro atoms. The van der Waals surface area contributed by atoms with Crippen molar-refractivity contribution < 1.29 is 23.9 Å². The number of nitrogens with zero attached hydrogens (tertiary/aromatic N) is 1. The molecule has 0 saturated carbocycles. The lowest BCUT2D eigenvalue weighted by Gasteiger charge is -2.44. The number of alkyl carbamates (subject to hydrolysis) is 1. The molecular weight excluding hydrogens is 538 g/mol. The number of hydrogen-bond acceptors (Lipinski definition) is 6. The van der Waals surface area contributed by atoms with Crippen LogP contribution in [0.4, 0.5) is 10.5 Å². The van der Waals surface area contributed by atoms with Crippen LogP contribution in [-0.4, -0.2) is 59.1 Å². The molecule has 2 atom stereocenters. The first-order valence-corrected chi connectivity index (χ1v) is 15.0. The highest BCUT2D eigenvalue weighted by Crippen LogP contribution is 2.35. The Bertz CT molecular complexity index is 1230. The number of ether oxygens (including phenoxy) is 2. The number of benzene rings is 2. The number of nitrogens with one attached hydrogen (secondary N) is 2. The number of terminal acetylenes is 1. The summed E-state index contributed by atoms with van der Waals surface area (Å²) in [6.07, 6.45) is 7.97. The molecule has 8 nitrogen and oxygen atoms in total. The van der Waals surface area contributed by atoms with Gasteiger partial charge < -0.3 is 25.0 Å². The molecule has 0 aromatic heterocycles. The number of carbonyl (C=O) groups excluding carboxylic acids is 3. The van der Waals surface area contributed by atoms with Crippen molar-refractivity contribution in [3.05, 3.63) is 59.7 Å². The SMILES string of the molecule is C#Cc1ccccc1C(C(=O)Nc1ccc(OC)cc1)N(C(=O)C(CCSC)NC(=O)OC(C)(C)C)C(C)(C)CC. The first-order valence-electron chi connectivity index (χ1n) is 13.6. The predicted molar refractivity (Wildman–Crippen MR) is 166 cm³/mol. The Hall–Kier alpha value is -3.64. The highest BCUT2D eigenvalue weighted by Gasteiger charge is 2.43. The van der Waals surface area contributed by atoms with Gasteiger partial charge in [-0.25, -0.2) is 4.79 Å². The number of methoxy groups -OCH3 is 1. The van der Waals surface area contributed by atoms with Gasteiger partial charge in [0.1, 0.15) is 23.4 Å². The molecule has 9 heteroatoms. The van der Waals surface area contributed by atoms with E-state index in [0.717, 1.165) is 0 Å². The first kappa shape index (κ1) is 33.6. The number of thioether (sulfide) groups is 1. The molecule has 41 heavy (non-hydrogen) atoms. The van der Waals surface area contributed by atoms with Crippen LogP contribution in [0.1, 0.15) is 71.6 Å². The minimum Gasteiger partial charge on any atom is -0.497 e. The molecule has 0 aliphatic carbocycles. The molecule has 2 aromatic rings. The third-order valence-electron chi connectivity index (χ3n) is 6.63. The monoisotopic (exact) mass is 581 g/mol. The molecule has 0 heterocycles. The zero-order chi connectivity index (χ0) is 30.8. The summed E-state index contributed by atoms with van der Waals surface area (Å²) in [6.45, 7) is 11.0. The van der Waals surface area contributed by atoms with E-state index in [-0.39, 0.29) is 0 Å². The van der Waals surface area contributed by atoms with Crippen LogP contribution in [0.5, 0.6) is 5.75 Å². The van der Waals surface area contributed by atoms with Crippen molar-refractivity contribution in [3.8, 4) is 18.1 Å². The molecule has 222 valence electrons. The fourth-order valence-electron chi connectivity index (χ4n) is 4.21. The Balaban J connectivity index is 2.67. The second-order valence-electron chi connectivity index (χ2n) is 11.2. The standard InChI is InChI=1S/C32H43N3O5S/c1-10-22-14-12-13-15-25(22)27(28(36)33-23-16-18-24(39-8)19-17-23)35(32(6,7)11-2)29(37)26(20-21-41-9)34-30(38)40-31(3,4)5/h1,12-19,26-27H,11,20-21H2,2-9H3,(H,33,36)(H,34,38). The summed E-state index contributed by atoms with van der Waals surface area (Å²) in [6, 6.07) is 12.0. The van der Waals surface area contributed by atoms with Crippen molar-refractivity contribution in [1.29, 1.82) is 0 Å². The van der Waals surface area contributed by atoms with Crippen LogP contribution in [0.2, 0.25) is 0 Å². The van der Waals surface area contributed by atoms with Gasteiger partial charge in [0.25, 0.3) is 5.91 Å². The number of hydrogen-bond donors (Lipinski definition) is 2. The maximum Gasteiger partial charge on any atom is 0.408 e. The molecule has 0 saturated heterocycles. The van der Waals surface area contributed by atoms with Gasteiger partial charge in [-0.2, -0.15) is 11.8 Å². The Morgan fingerprint density at radius 2 is 1.68 bits per heavy atom. The molecule has 0 radical (unpaired) electrons. The minimum atomic E-state index is -1.09. The van der Waals surface area contributed by atoms with Gasteiger partial charge in [0, 0.05) is 16.8 Å². The molecule has 0 bridgehead atoms. The smallest absolute Gasteiger partial charge is 0.408 e. The summed E-state index contributed by atoms with van der Waals surface area (Å²) in [5.41, 5.74) is -0.00357. The van der Waals surface area contributed by atoms with Crippen molar-refractivity contribution in [2.75, 3.05) is 24.4 Å². The highest BCUT2D eigenvalue weighted by atomic mass is 32.2. The molecule has 0 aliphatic heterocycles. The van der Waals surface area contributed by atoms with Gasteiger partial charge in [0.2, 0.25) is 5.91 Å². The molecular formula is C32H43N3O5S. The number of amides is 3. The van der Waals surface area contributed by atoms with Gasteiger partial charge in [0.15, 0.2) is 0 Å².